The highest BCUT2D eigenvalue weighted by atomic mass is 16.5. The molecule has 5 nitrogen and oxygen atoms in total. The van der Waals surface area contributed by atoms with Gasteiger partial charge in [0.2, 0.25) is 0 Å². The van der Waals surface area contributed by atoms with E-state index in [1.54, 1.807) is 0 Å². The molecule has 0 N–H and O–H groups in total. The first-order valence-corrected chi connectivity index (χ1v) is 10.5. The molecular weight excluding hydrogens is 398 g/mol. The van der Waals surface area contributed by atoms with Gasteiger partial charge in [0.15, 0.2) is 5.78 Å². The summed E-state index contributed by atoms with van der Waals surface area (Å²) in [5.74, 6) is 1.45. The molecule has 5 aromatic rings. The van der Waals surface area contributed by atoms with Crippen molar-refractivity contribution in [1.82, 2.24) is 15.0 Å². The molecule has 0 saturated heterocycles. The predicted molar refractivity (Wildman–Crippen MR) is 122 cm³/mol. The van der Waals surface area contributed by atoms with E-state index in [1.807, 2.05) is 108 Å². The lowest BCUT2D eigenvalue weighted by atomic mass is 9.75. The zero-order chi connectivity index (χ0) is 21.5. The average molecular weight is 417 g/mol. The van der Waals surface area contributed by atoms with Crippen molar-refractivity contribution in [3.05, 3.63) is 120 Å². The van der Waals surface area contributed by atoms with Crippen LogP contribution in [0.2, 0.25) is 0 Å². The van der Waals surface area contributed by atoms with Gasteiger partial charge in [0.1, 0.15) is 22.6 Å². The predicted octanol–water partition coefficient (Wildman–Crippen LogP) is 5.60. The molecule has 2 heterocycles. The summed E-state index contributed by atoms with van der Waals surface area (Å²) in [5, 5.41) is 9.02. The molecular formula is C27H19N3O2. The van der Waals surface area contributed by atoms with Gasteiger partial charge in [0, 0.05) is 23.1 Å². The van der Waals surface area contributed by atoms with Gasteiger partial charge < -0.3 is 4.74 Å². The Kier molecular flexibility index (Phi) is 4.15. The summed E-state index contributed by atoms with van der Waals surface area (Å²) in [6, 6.07) is 32.9. The Bertz CT molecular complexity index is 1410. The van der Waals surface area contributed by atoms with E-state index in [9.17, 15) is 4.79 Å². The maximum Gasteiger partial charge on any atom is 0.166 e. The molecule has 1 aliphatic heterocycles. The van der Waals surface area contributed by atoms with Crippen molar-refractivity contribution in [2.75, 3.05) is 0 Å². The van der Waals surface area contributed by atoms with Crippen LogP contribution in [-0.2, 0) is 5.54 Å². The lowest BCUT2D eigenvalue weighted by molar-refractivity contribution is 0.0943. The van der Waals surface area contributed by atoms with Crippen LogP contribution in [0.3, 0.4) is 0 Å². The first kappa shape index (κ1) is 18.5. The van der Waals surface area contributed by atoms with E-state index in [0.29, 0.717) is 17.1 Å². The van der Waals surface area contributed by atoms with Gasteiger partial charge in [-0.15, -0.1) is 5.10 Å². The second-order valence-electron chi connectivity index (χ2n) is 7.91. The SMILES string of the molecule is O=C(CC1(n2nnc3ccccc32)c2ccccc2Oc2ccccc21)c1ccccc1. The van der Waals surface area contributed by atoms with Crippen molar-refractivity contribution >= 4 is 16.8 Å². The molecule has 0 fully saturated rings. The lowest BCUT2D eigenvalue weighted by Gasteiger charge is -2.40. The molecule has 6 rings (SSSR count). The number of fused-ring (bicyclic) bond motifs is 3. The number of hydrogen-bond donors (Lipinski definition) is 0. The topological polar surface area (TPSA) is 57.0 Å². The number of benzene rings is 4. The highest BCUT2D eigenvalue weighted by molar-refractivity contribution is 5.97. The van der Waals surface area contributed by atoms with Gasteiger partial charge in [0.25, 0.3) is 0 Å². The molecule has 0 spiro atoms. The standard InChI is InChI=1S/C27H19N3O2/c31-24(19-10-2-1-3-11-19)18-27(30-23-15-7-6-14-22(23)28-29-30)20-12-4-8-16-25(20)32-26-17-9-5-13-21(26)27/h1-17H,18H2. The zero-order valence-electron chi connectivity index (χ0n) is 17.2. The molecule has 1 aliphatic rings. The van der Waals surface area contributed by atoms with Crippen molar-refractivity contribution in [2.24, 2.45) is 0 Å². The first-order valence-electron chi connectivity index (χ1n) is 10.5. The van der Waals surface area contributed by atoms with Crippen LogP contribution in [0.25, 0.3) is 11.0 Å². The minimum Gasteiger partial charge on any atom is -0.457 e. The molecule has 0 atom stereocenters. The van der Waals surface area contributed by atoms with Crippen molar-refractivity contribution in [3.8, 4) is 11.5 Å². The quantitative estimate of drug-likeness (QED) is 0.357. The Hall–Kier alpha value is -4.25. The number of ketones is 1. The van der Waals surface area contributed by atoms with E-state index in [-0.39, 0.29) is 12.2 Å². The molecule has 154 valence electrons. The minimum atomic E-state index is -0.908. The number of carbonyl (C=O) groups is 1. The fourth-order valence-electron chi connectivity index (χ4n) is 4.66. The van der Waals surface area contributed by atoms with E-state index in [0.717, 1.165) is 22.2 Å². The summed E-state index contributed by atoms with van der Waals surface area (Å²) in [6.07, 6.45) is 0.182. The summed E-state index contributed by atoms with van der Waals surface area (Å²) in [5.41, 5.74) is 3.17. The maximum atomic E-state index is 13.7. The van der Waals surface area contributed by atoms with Crippen molar-refractivity contribution < 1.29 is 9.53 Å². The van der Waals surface area contributed by atoms with Crippen molar-refractivity contribution in [2.45, 2.75) is 12.0 Å². The number of para-hydroxylation sites is 3. The van der Waals surface area contributed by atoms with Gasteiger partial charge in [-0.05, 0) is 24.3 Å². The van der Waals surface area contributed by atoms with Crippen LogP contribution in [0.1, 0.15) is 27.9 Å². The van der Waals surface area contributed by atoms with Gasteiger partial charge in [-0.2, -0.15) is 0 Å². The highest BCUT2D eigenvalue weighted by Gasteiger charge is 2.47. The number of hydrogen-bond acceptors (Lipinski definition) is 4. The molecule has 32 heavy (non-hydrogen) atoms. The summed E-state index contributed by atoms with van der Waals surface area (Å²) in [4.78, 5) is 13.7. The third-order valence-corrected chi connectivity index (χ3v) is 6.11. The summed E-state index contributed by atoms with van der Waals surface area (Å²) in [6.45, 7) is 0. The molecule has 0 amide bonds. The van der Waals surface area contributed by atoms with Gasteiger partial charge in [-0.3, -0.25) is 4.79 Å². The van der Waals surface area contributed by atoms with Crippen LogP contribution in [0, 0.1) is 0 Å². The normalized spacial score (nSPS) is 13.8. The Balaban J connectivity index is 1.69. The largest absolute Gasteiger partial charge is 0.457 e. The number of rotatable bonds is 4. The Morgan fingerprint density at radius 1 is 0.750 bits per heavy atom. The van der Waals surface area contributed by atoms with E-state index >= 15 is 0 Å². The van der Waals surface area contributed by atoms with Gasteiger partial charge in [-0.1, -0.05) is 84.1 Å². The van der Waals surface area contributed by atoms with E-state index in [2.05, 4.69) is 10.3 Å². The molecule has 0 bridgehead atoms. The minimum absolute atomic E-state index is 0.0247. The van der Waals surface area contributed by atoms with Crippen LogP contribution >= 0.6 is 0 Å². The molecule has 4 aromatic carbocycles. The molecule has 1 aromatic heterocycles. The fourth-order valence-corrected chi connectivity index (χ4v) is 4.66. The van der Waals surface area contributed by atoms with Crippen LogP contribution in [0.5, 0.6) is 11.5 Å². The van der Waals surface area contributed by atoms with Gasteiger partial charge >= 0.3 is 0 Å². The van der Waals surface area contributed by atoms with Gasteiger partial charge in [0.05, 0.1) is 5.52 Å². The Morgan fingerprint density at radius 3 is 2.06 bits per heavy atom. The summed E-state index contributed by atoms with van der Waals surface area (Å²) in [7, 11) is 0. The number of carbonyl (C=O) groups excluding carboxylic acids is 1. The fraction of sp³-hybridized carbons (Fsp3) is 0.0741. The monoisotopic (exact) mass is 417 g/mol. The average Bonchev–Trinajstić information content (AvgIpc) is 3.29. The van der Waals surface area contributed by atoms with E-state index in [1.165, 1.54) is 0 Å². The van der Waals surface area contributed by atoms with E-state index in [4.69, 9.17) is 4.74 Å². The molecule has 0 saturated carbocycles. The van der Waals surface area contributed by atoms with Crippen LogP contribution in [0.15, 0.2) is 103 Å². The summed E-state index contributed by atoms with van der Waals surface area (Å²) >= 11 is 0. The molecule has 0 unspecified atom stereocenters. The highest BCUT2D eigenvalue weighted by Crippen LogP contribution is 2.51. The lowest BCUT2D eigenvalue weighted by Crippen LogP contribution is -2.41. The number of nitrogens with zero attached hydrogens (tertiary/aromatic N) is 3. The molecule has 5 heteroatoms. The summed E-state index contributed by atoms with van der Waals surface area (Å²) < 4.78 is 8.15. The third-order valence-electron chi connectivity index (χ3n) is 6.11. The van der Waals surface area contributed by atoms with Crippen LogP contribution in [0.4, 0.5) is 0 Å². The van der Waals surface area contributed by atoms with Crippen LogP contribution in [-0.4, -0.2) is 20.8 Å². The van der Waals surface area contributed by atoms with Gasteiger partial charge in [-0.25, -0.2) is 4.68 Å². The number of ether oxygens (including phenoxy) is 1. The van der Waals surface area contributed by atoms with E-state index < -0.39 is 5.54 Å². The maximum absolute atomic E-state index is 13.7. The number of aromatic nitrogens is 3. The second kappa shape index (κ2) is 7.17. The van der Waals surface area contributed by atoms with Crippen LogP contribution < -0.4 is 4.74 Å². The van der Waals surface area contributed by atoms with Crippen molar-refractivity contribution in [3.63, 3.8) is 0 Å². The molecule has 0 aliphatic carbocycles. The van der Waals surface area contributed by atoms with Crippen molar-refractivity contribution in [1.29, 1.82) is 0 Å². The Morgan fingerprint density at radius 2 is 1.34 bits per heavy atom. The Labute approximate surface area is 184 Å². The number of Topliss-reactive ketones (excluding diaryl/α,β-unsaturated/α-hetero) is 1. The zero-order valence-corrected chi connectivity index (χ0v) is 17.2. The molecule has 0 radical (unpaired) electrons. The second-order valence-corrected chi connectivity index (χ2v) is 7.91. The smallest absolute Gasteiger partial charge is 0.166 e. The first-order chi connectivity index (χ1) is 15.8. The third kappa shape index (κ3) is 2.68.